The number of amides is 1. The van der Waals surface area contributed by atoms with Crippen LogP contribution in [0.3, 0.4) is 0 Å². The molecule has 39 heavy (non-hydrogen) atoms. The van der Waals surface area contributed by atoms with Gasteiger partial charge in [0, 0.05) is 50.0 Å². The molecule has 5 aromatic rings. The molecule has 0 bridgehead atoms. The number of hydrogen-bond donors (Lipinski definition) is 1. The number of nitrogens with zero attached hydrogens (tertiary/aromatic N) is 7. The maximum atomic E-state index is 13.4. The first-order valence-electron chi connectivity index (χ1n) is 13.5. The Morgan fingerprint density at radius 2 is 1.85 bits per heavy atom. The van der Waals surface area contributed by atoms with Crippen LogP contribution >= 0.6 is 0 Å². The second-order valence-corrected chi connectivity index (χ2v) is 10.5. The van der Waals surface area contributed by atoms with Crippen LogP contribution in [0.25, 0.3) is 16.6 Å². The molecule has 0 atom stereocenters. The van der Waals surface area contributed by atoms with Crippen molar-refractivity contribution >= 4 is 28.1 Å². The minimum atomic E-state index is -0.201. The van der Waals surface area contributed by atoms with Gasteiger partial charge in [0.2, 0.25) is 0 Å². The van der Waals surface area contributed by atoms with E-state index in [1.807, 2.05) is 65.5 Å². The van der Waals surface area contributed by atoms with Crippen molar-refractivity contribution in [1.29, 1.82) is 0 Å². The van der Waals surface area contributed by atoms with Gasteiger partial charge in [-0.05, 0) is 69.3 Å². The number of piperazine rings is 1. The minimum Gasteiger partial charge on any atom is -0.320 e. The highest BCUT2D eigenvalue weighted by Crippen LogP contribution is 2.28. The van der Waals surface area contributed by atoms with E-state index in [4.69, 9.17) is 5.10 Å². The molecule has 0 spiro atoms. The summed E-state index contributed by atoms with van der Waals surface area (Å²) in [5, 5.41) is 8.80. The van der Waals surface area contributed by atoms with E-state index in [9.17, 15) is 4.79 Å². The van der Waals surface area contributed by atoms with Gasteiger partial charge in [0.05, 0.1) is 35.3 Å². The van der Waals surface area contributed by atoms with E-state index < -0.39 is 0 Å². The summed E-state index contributed by atoms with van der Waals surface area (Å²) in [6.45, 7) is 10.0. The van der Waals surface area contributed by atoms with Crippen LogP contribution in [0.4, 0.5) is 5.69 Å². The lowest BCUT2D eigenvalue weighted by Crippen LogP contribution is -2.45. The molecule has 0 saturated carbocycles. The van der Waals surface area contributed by atoms with E-state index in [2.05, 4.69) is 44.3 Å². The smallest absolute Gasteiger partial charge is 0.274 e. The van der Waals surface area contributed by atoms with E-state index in [1.165, 1.54) is 5.56 Å². The van der Waals surface area contributed by atoms with Gasteiger partial charge in [0.1, 0.15) is 11.3 Å². The number of nitrogens with one attached hydrogen (secondary N) is 1. The molecule has 9 nitrogen and oxygen atoms in total. The summed E-state index contributed by atoms with van der Waals surface area (Å²) in [4.78, 5) is 27.4. The number of carbonyl (C=O) groups is 1. The van der Waals surface area contributed by atoms with Crippen molar-refractivity contribution in [2.75, 3.05) is 45.1 Å². The molecule has 1 aromatic carbocycles. The van der Waals surface area contributed by atoms with E-state index in [0.29, 0.717) is 12.2 Å². The summed E-state index contributed by atoms with van der Waals surface area (Å²) >= 11 is 0. The average Bonchev–Trinajstić information content (AvgIpc) is 3.49. The van der Waals surface area contributed by atoms with Crippen LogP contribution in [0.15, 0.2) is 60.9 Å². The number of carbonyl (C=O) groups excluding carboxylic acids is 1. The van der Waals surface area contributed by atoms with Crippen LogP contribution in [0.2, 0.25) is 0 Å². The fourth-order valence-electron chi connectivity index (χ4n) is 5.38. The lowest BCUT2D eigenvalue weighted by Gasteiger charge is -2.32. The molecule has 1 fully saturated rings. The zero-order valence-electron chi connectivity index (χ0n) is 22.8. The van der Waals surface area contributed by atoms with Crippen LogP contribution in [0.5, 0.6) is 0 Å². The number of fused-ring (bicyclic) bond motifs is 2. The van der Waals surface area contributed by atoms with Crippen molar-refractivity contribution in [2.24, 2.45) is 0 Å². The first-order valence-corrected chi connectivity index (χ1v) is 13.5. The average molecular weight is 523 g/mol. The number of anilines is 1. The second kappa shape index (κ2) is 10.6. The van der Waals surface area contributed by atoms with Crippen molar-refractivity contribution in [3.63, 3.8) is 0 Å². The van der Waals surface area contributed by atoms with Gasteiger partial charge in [0.25, 0.3) is 5.91 Å². The highest BCUT2D eigenvalue weighted by Gasteiger charge is 2.18. The Kier molecular flexibility index (Phi) is 6.85. The third kappa shape index (κ3) is 5.28. The first kappa shape index (κ1) is 25.2. The molecule has 1 saturated heterocycles. The maximum absolute atomic E-state index is 13.4. The Morgan fingerprint density at radius 3 is 2.67 bits per heavy atom. The monoisotopic (exact) mass is 522 g/mol. The molecule has 1 aliphatic rings. The quantitative estimate of drug-likeness (QED) is 0.350. The Hall–Kier alpha value is -4.08. The predicted molar refractivity (Wildman–Crippen MR) is 153 cm³/mol. The van der Waals surface area contributed by atoms with Gasteiger partial charge in [-0.3, -0.25) is 18.9 Å². The van der Waals surface area contributed by atoms with Gasteiger partial charge in [-0.2, -0.15) is 5.10 Å². The van der Waals surface area contributed by atoms with Crippen LogP contribution in [0.1, 0.15) is 33.1 Å². The van der Waals surface area contributed by atoms with Gasteiger partial charge in [-0.25, -0.2) is 4.98 Å². The third-order valence-corrected chi connectivity index (χ3v) is 7.58. The number of hydrogen-bond acceptors (Lipinski definition) is 6. The van der Waals surface area contributed by atoms with Gasteiger partial charge in [-0.1, -0.05) is 12.1 Å². The molecule has 0 aliphatic carbocycles. The molecule has 1 N–H and O–H groups in total. The lowest BCUT2D eigenvalue weighted by molar-refractivity contribution is 0.102. The van der Waals surface area contributed by atoms with Crippen LogP contribution in [-0.4, -0.2) is 79.6 Å². The number of aromatic nitrogens is 5. The number of imidazole rings is 1. The molecule has 9 heteroatoms. The number of pyridine rings is 2. The third-order valence-electron chi connectivity index (χ3n) is 7.58. The molecule has 4 aromatic heterocycles. The Bertz CT molecular complexity index is 1640. The number of rotatable bonds is 7. The molecule has 200 valence electrons. The number of aryl methyl sites for hydroxylation is 2. The first-order chi connectivity index (χ1) is 18.9. The molecular formula is C30H34N8O. The van der Waals surface area contributed by atoms with E-state index in [-0.39, 0.29) is 5.91 Å². The van der Waals surface area contributed by atoms with Gasteiger partial charge in [0.15, 0.2) is 0 Å². The van der Waals surface area contributed by atoms with Crippen molar-refractivity contribution in [3.05, 3.63) is 89.3 Å². The summed E-state index contributed by atoms with van der Waals surface area (Å²) in [5.41, 5.74) is 6.98. The van der Waals surface area contributed by atoms with Crippen molar-refractivity contribution < 1.29 is 4.79 Å². The molecule has 1 amide bonds. The SMILES string of the molecule is Cc1cccc(Cn2nc(C)c3c(NC(=O)c4cnc5cc(CCN6CCN(C)CC6)ccn45)cccc32)n1. The summed E-state index contributed by atoms with van der Waals surface area (Å²) in [5.74, 6) is -0.201. The largest absolute Gasteiger partial charge is 0.320 e. The maximum Gasteiger partial charge on any atom is 0.274 e. The van der Waals surface area contributed by atoms with Crippen LogP contribution in [-0.2, 0) is 13.0 Å². The molecule has 5 heterocycles. The lowest BCUT2D eigenvalue weighted by atomic mass is 10.1. The summed E-state index contributed by atoms with van der Waals surface area (Å²) in [6, 6.07) is 16.1. The topological polar surface area (TPSA) is 83.6 Å². The number of likely N-dealkylation sites (N-methyl/N-ethyl adjacent to an activating group) is 1. The normalized spacial score (nSPS) is 14.8. The molecule has 0 radical (unpaired) electrons. The van der Waals surface area contributed by atoms with E-state index in [1.54, 1.807) is 6.20 Å². The highest BCUT2D eigenvalue weighted by atomic mass is 16.2. The fourth-order valence-corrected chi connectivity index (χ4v) is 5.38. The summed E-state index contributed by atoms with van der Waals surface area (Å²) in [6.07, 6.45) is 4.57. The van der Waals surface area contributed by atoms with Crippen molar-refractivity contribution in [1.82, 2.24) is 33.9 Å². The Balaban J connectivity index is 1.19. The fraction of sp³-hybridized carbons (Fsp3) is 0.333. The van der Waals surface area contributed by atoms with Gasteiger partial charge in [-0.15, -0.1) is 0 Å². The Labute approximate surface area is 228 Å². The summed E-state index contributed by atoms with van der Waals surface area (Å²) < 4.78 is 3.80. The van der Waals surface area contributed by atoms with Gasteiger partial charge >= 0.3 is 0 Å². The van der Waals surface area contributed by atoms with E-state index >= 15 is 0 Å². The molecule has 1 aliphatic heterocycles. The standard InChI is InChI=1S/C30H34N8O/c1-21-6-4-7-24(32-21)20-38-26-9-5-8-25(29(26)22(2)34-38)33-30(39)27-19-31-28-18-23(11-13-37(27)28)10-12-36-16-14-35(3)15-17-36/h4-9,11,13,18-19H,10,12,14-17,20H2,1-3H3,(H,33,39). The molecular weight excluding hydrogens is 488 g/mol. The van der Waals surface area contributed by atoms with Crippen molar-refractivity contribution in [2.45, 2.75) is 26.8 Å². The van der Waals surface area contributed by atoms with Crippen molar-refractivity contribution in [3.8, 4) is 0 Å². The van der Waals surface area contributed by atoms with Gasteiger partial charge < -0.3 is 15.1 Å². The zero-order valence-corrected chi connectivity index (χ0v) is 22.8. The molecule has 6 rings (SSSR count). The Morgan fingerprint density at radius 1 is 1.03 bits per heavy atom. The second-order valence-electron chi connectivity index (χ2n) is 10.5. The minimum absolute atomic E-state index is 0.201. The highest BCUT2D eigenvalue weighted by molar-refractivity contribution is 6.08. The zero-order chi connectivity index (χ0) is 26.9. The van der Waals surface area contributed by atoms with Crippen LogP contribution in [0, 0.1) is 13.8 Å². The summed E-state index contributed by atoms with van der Waals surface area (Å²) in [7, 11) is 2.18. The van der Waals surface area contributed by atoms with E-state index in [0.717, 1.165) is 78.5 Å². The molecule has 0 unspecified atom stereocenters. The number of benzene rings is 1. The predicted octanol–water partition coefficient (Wildman–Crippen LogP) is 3.79. The van der Waals surface area contributed by atoms with Crippen LogP contribution < -0.4 is 5.32 Å².